The molecule has 4 unspecified atom stereocenters. The fourth-order valence-corrected chi connectivity index (χ4v) is 3.46. The smallest absolute Gasteiger partial charge is 0.326 e. The van der Waals surface area contributed by atoms with E-state index in [4.69, 9.17) is 11.5 Å². The van der Waals surface area contributed by atoms with Crippen molar-refractivity contribution in [3.8, 4) is 0 Å². The molecule has 0 bridgehead atoms. The average molecular weight is 510 g/mol. The average Bonchev–Trinajstić information content (AvgIpc) is 2.79. The molecule has 12 heteroatoms. The second-order valence-corrected chi connectivity index (χ2v) is 9.00. The van der Waals surface area contributed by atoms with Gasteiger partial charge in [-0.2, -0.15) is 12.6 Å². The molecule has 0 spiro atoms. The van der Waals surface area contributed by atoms with Crippen LogP contribution >= 0.6 is 12.6 Å². The lowest BCUT2D eigenvalue weighted by Gasteiger charge is -2.25. The zero-order valence-electron chi connectivity index (χ0n) is 19.9. The molecule has 0 aromatic heterocycles. The number of thiol groups is 1. The van der Waals surface area contributed by atoms with Crippen molar-refractivity contribution in [2.75, 3.05) is 5.75 Å². The lowest BCUT2D eigenvalue weighted by Crippen LogP contribution is -2.58. The van der Waals surface area contributed by atoms with Crippen molar-refractivity contribution in [2.45, 2.75) is 63.7 Å². The summed E-state index contributed by atoms with van der Waals surface area (Å²) < 4.78 is 0. The van der Waals surface area contributed by atoms with Crippen LogP contribution in [0, 0.1) is 5.92 Å². The molecule has 11 nitrogen and oxygen atoms in total. The predicted octanol–water partition coefficient (Wildman–Crippen LogP) is -0.663. The summed E-state index contributed by atoms with van der Waals surface area (Å²) in [5.74, 6) is -3.90. The SMILES string of the molecule is CC(C)CC(NC(=O)C(CS)NC(=O)C(Cc1ccccc1)NC(=O)C(N)CCC(N)=O)C(=O)O. The highest BCUT2D eigenvalue weighted by atomic mass is 32.1. The van der Waals surface area contributed by atoms with Gasteiger partial charge in [0.15, 0.2) is 0 Å². The molecule has 1 aromatic carbocycles. The quantitative estimate of drug-likeness (QED) is 0.152. The lowest BCUT2D eigenvalue weighted by atomic mass is 10.0. The van der Waals surface area contributed by atoms with Crippen molar-refractivity contribution in [1.82, 2.24) is 16.0 Å². The predicted molar refractivity (Wildman–Crippen MR) is 133 cm³/mol. The topological polar surface area (TPSA) is 194 Å². The van der Waals surface area contributed by atoms with E-state index in [1.54, 1.807) is 30.3 Å². The Kier molecular flexibility index (Phi) is 12.8. The highest BCUT2D eigenvalue weighted by Crippen LogP contribution is 2.07. The molecule has 0 aliphatic heterocycles. The van der Waals surface area contributed by atoms with Crippen molar-refractivity contribution in [3.63, 3.8) is 0 Å². The fraction of sp³-hybridized carbons (Fsp3) is 0.522. The highest BCUT2D eigenvalue weighted by molar-refractivity contribution is 7.80. The van der Waals surface area contributed by atoms with Gasteiger partial charge in [-0.15, -0.1) is 0 Å². The third-order valence-electron chi connectivity index (χ3n) is 5.09. The largest absolute Gasteiger partial charge is 0.480 e. The Bertz CT molecular complexity index is 882. The minimum atomic E-state index is -1.18. The van der Waals surface area contributed by atoms with E-state index >= 15 is 0 Å². The first-order valence-electron chi connectivity index (χ1n) is 11.3. The van der Waals surface area contributed by atoms with E-state index in [2.05, 4.69) is 28.6 Å². The Hall–Kier alpha value is -3.12. The maximum absolute atomic E-state index is 13.1. The molecule has 1 rings (SSSR count). The van der Waals surface area contributed by atoms with Gasteiger partial charge in [-0.3, -0.25) is 19.2 Å². The molecule has 0 aliphatic carbocycles. The van der Waals surface area contributed by atoms with Crippen molar-refractivity contribution in [1.29, 1.82) is 0 Å². The molecule has 8 N–H and O–H groups in total. The Labute approximate surface area is 210 Å². The van der Waals surface area contributed by atoms with Crippen molar-refractivity contribution < 1.29 is 29.1 Å². The van der Waals surface area contributed by atoms with Crippen LogP contribution in [-0.2, 0) is 30.4 Å². The van der Waals surface area contributed by atoms with Crippen molar-refractivity contribution in [3.05, 3.63) is 35.9 Å². The first-order chi connectivity index (χ1) is 16.4. The number of amides is 4. The highest BCUT2D eigenvalue weighted by Gasteiger charge is 2.30. The maximum atomic E-state index is 13.1. The number of carbonyl (C=O) groups excluding carboxylic acids is 4. The Morgan fingerprint density at radius 3 is 1.97 bits per heavy atom. The normalized spacial score (nSPS) is 14.3. The third-order valence-corrected chi connectivity index (χ3v) is 5.46. The van der Waals surface area contributed by atoms with Gasteiger partial charge in [0.05, 0.1) is 6.04 Å². The zero-order valence-corrected chi connectivity index (χ0v) is 20.8. The van der Waals surface area contributed by atoms with Gasteiger partial charge >= 0.3 is 5.97 Å². The summed E-state index contributed by atoms with van der Waals surface area (Å²) in [4.78, 5) is 60.8. The van der Waals surface area contributed by atoms with E-state index in [1.807, 2.05) is 13.8 Å². The van der Waals surface area contributed by atoms with E-state index in [0.29, 0.717) is 0 Å². The van der Waals surface area contributed by atoms with Crippen LogP contribution in [0.2, 0.25) is 0 Å². The number of nitrogens with one attached hydrogen (secondary N) is 3. The number of primary amides is 1. The molecular weight excluding hydrogens is 474 g/mol. The molecule has 4 atom stereocenters. The van der Waals surface area contributed by atoms with Crippen LogP contribution in [0.25, 0.3) is 0 Å². The van der Waals surface area contributed by atoms with Gasteiger partial charge in [0.25, 0.3) is 0 Å². The molecular formula is C23H35N5O6S. The second-order valence-electron chi connectivity index (χ2n) is 8.64. The monoisotopic (exact) mass is 509 g/mol. The number of aliphatic carboxylic acids is 1. The summed E-state index contributed by atoms with van der Waals surface area (Å²) >= 11 is 4.12. The second kappa shape index (κ2) is 15.0. The number of benzene rings is 1. The van der Waals surface area contributed by atoms with E-state index < -0.39 is 53.8 Å². The van der Waals surface area contributed by atoms with E-state index in [-0.39, 0.29) is 37.4 Å². The molecule has 194 valence electrons. The number of carbonyl (C=O) groups is 5. The molecule has 0 fully saturated rings. The summed E-state index contributed by atoms with van der Waals surface area (Å²) in [7, 11) is 0. The fourth-order valence-electron chi connectivity index (χ4n) is 3.20. The standard InChI is InChI=1S/C23H35N5O6S/c1-13(2)10-17(23(33)34)27-22(32)18(12-35)28-21(31)16(11-14-6-4-3-5-7-14)26-20(30)15(24)8-9-19(25)29/h3-7,13,15-18,35H,8-12,24H2,1-2H3,(H2,25,29)(H,26,30)(H,27,32)(H,28,31)(H,33,34). The maximum Gasteiger partial charge on any atom is 0.326 e. The summed E-state index contributed by atoms with van der Waals surface area (Å²) in [6.45, 7) is 3.65. The molecule has 35 heavy (non-hydrogen) atoms. The Balaban J connectivity index is 2.97. The van der Waals surface area contributed by atoms with Gasteiger partial charge in [-0.05, 0) is 24.3 Å². The van der Waals surface area contributed by atoms with E-state index in [1.165, 1.54) is 0 Å². The number of rotatable bonds is 15. The third kappa shape index (κ3) is 11.2. The van der Waals surface area contributed by atoms with Gasteiger partial charge < -0.3 is 32.5 Å². The first-order valence-corrected chi connectivity index (χ1v) is 11.9. The first kappa shape index (κ1) is 29.9. The van der Waals surface area contributed by atoms with Crippen LogP contribution in [0.15, 0.2) is 30.3 Å². The zero-order chi connectivity index (χ0) is 26.5. The number of hydrogen-bond donors (Lipinski definition) is 7. The van der Waals surface area contributed by atoms with Gasteiger partial charge in [0.2, 0.25) is 23.6 Å². The Morgan fingerprint density at radius 1 is 0.914 bits per heavy atom. The molecule has 0 saturated carbocycles. The van der Waals surface area contributed by atoms with Crippen LogP contribution in [0.4, 0.5) is 0 Å². The number of carboxylic acid groups (broad SMARTS) is 1. The summed E-state index contributed by atoms with van der Waals surface area (Å²) in [5, 5.41) is 16.9. The lowest BCUT2D eigenvalue weighted by molar-refractivity contribution is -0.142. The van der Waals surface area contributed by atoms with Crippen LogP contribution in [0.3, 0.4) is 0 Å². The summed E-state index contributed by atoms with van der Waals surface area (Å²) in [6.07, 6.45) is 0.235. The number of nitrogens with two attached hydrogens (primary N) is 2. The number of hydrogen-bond acceptors (Lipinski definition) is 7. The van der Waals surface area contributed by atoms with Gasteiger partial charge in [0.1, 0.15) is 18.1 Å². The number of carboxylic acids is 1. The molecule has 1 aromatic rings. The Morgan fingerprint density at radius 2 is 1.46 bits per heavy atom. The molecule has 0 saturated heterocycles. The van der Waals surface area contributed by atoms with Crippen LogP contribution in [-0.4, -0.2) is 64.6 Å². The molecule has 0 radical (unpaired) electrons. The van der Waals surface area contributed by atoms with Gasteiger partial charge in [-0.1, -0.05) is 44.2 Å². The van der Waals surface area contributed by atoms with Crippen LogP contribution in [0.1, 0.15) is 38.7 Å². The molecule has 4 amide bonds. The van der Waals surface area contributed by atoms with Crippen molar-refractivity contribution in [2.24, 2.45) is 17.4 Å². The molecule has 0 aliphatic rings. The van der Waals surface area contributed by atoms with Gasteiger partial charge in [-0.25, -0.2) is 4.79 Å². The molecule has 0 heterocycles. The van der Waals surface area contributed by atoms with E-state index in [0.717, 1.165) is 5.56 Å². The van der Waals surface area contributed by atoms with Crippen LogP contribution < -0.4 is 27.4 Å². The minimum absolute atomic E-state index is 0.00887. The van der Waals surface area contributed by atoms with E-state index in [9.17, 15) is 29.1 Å². The van der Waals surface area contributed by atoms with Crippen molar-refractivity contribution >= 4 is 42.2 Å². The minimum Gasteiger partial charge on any atom is -0.480 e. The summed E-state index contributed by atoms with van der Waals surface area (Å²) in [5.41, 5.74) is 11.7. The van der Waals surface area contributed by atoms with Gasteiger partial charge in [0, 0.05) is 18.6 Å². The van der Waals surface area contributed by atoms with Crippen LogP contribution in [0.5, 0.6) is 0 Å². The summed E-state index contributed by atoms with van der Waals surface area (Å²) in [6, 6.07) is 4.47.